The molecule has 0 unspecified atom stereocenters. The summed E-state index contributed by atoms with van der Waals surface area (Å²) in [6.07, 6.45) is 0. The molecule has 1 N–H and O–H groups in total. The van der Waals surface area contributed by atoms with Crippen LogP contribution in [0.25, 0.3) is 0 Å². The van der Waals surface area contributed by atoms with Gasteiger partial charge in [-0.25, -0.2) is 5.01 Å². The first kappa shape index (κ1) is 13.8. The highest BCUT2D eigenvalue weighted by Gasteiger charge is 2.12. The first-order valence-electron chi connectivity index (χ1n) is 6.53. The SMILES string of the molecule is CN1CCN(NCc2cccc(OCC#N)c2)CC1. The molecule has 1 aliphatic heterocycles. The smallest absolute Gasteiger partial charge is 0.174 e. The minimum absolute atomic E-state index is 0.0926. The number of hydrazine groups is 1. The highest BCUT2D eigenvalue weighted by Crippen LogP contribution is 2.13. The van der Waals surface area contributed by atoms with E-state index < -0.39 is 0 Å². The van der Waals surface area contributed by atoms with Crippen LogP contribution in [0.4, 0.5) is 0 Å². The molecule has 0 bridgehead atoms. The zero-order valence-electron chi connectivity index (χ0n) is 11.3. The number of likely N-dealkylation sites (N-methyl/N-ethyl adjacent to an activating group) is 1. The molecular formula is C14H20N4O. The van der Waals surface area contributed by atoms with E-state index in [0.717, 1.165) is 44.0 Å². The summed E-state index contributed by atoms with van der Waals surface area (Å²) >= 11 is 0. The molecule has 19 heavy (non-hydrogen) atoms. The summed E-state index contributed by atoms with van der Waals surface area (Å²) in [6.45, 7) is 5.15. The van der Waals surface area contributed by atoms with Gasteiger partial charge in [0, 0.05) is 32.7 Å². The maximum atomic E-state index is 8.49. The molecule has 0 amide bonds. The second kappa shape index (κ2) is 7.10. The number of piperazine rings is 1. The molecule has 0 radical (unpaired) electrons. The van der Waals surface area contributed by atoms with Crippen LogP contribution in [0.1, 0.15) is 5.56 Å². The Morgan fingerprint density at radius 3 is 2.84 bits per heavy atom. The zero-order valence-corrected chi connectivity index (χ0v) is 11.3. The van der Waals surface area contributed by atoms with Gasteiger partial charge in [0.1, 0.15) is 11.8 Å². The van der Waals surface area contributed by atoms with Crippen molar-refractivity contribution in [1.82, 2.24) is 15.3 Å². The van der Waals surface area contributed by atoms with E-state index in [1.54, 1.807) is 0 Å². The standard InChI is InChI=1S/C14H20N4O/c1-17-6-8-18(9-7-17)16-12-13-3-2-4-14(11-13)19-10-5-15/h2-4,11,16H,6-10,12H2,1H3. The molecule has 0 aliphatic carbocycles. The van der Waals surface area contributed by atoms with Crippen LogP contribution in [0.2, 0.25) is 0 Å². The van der Waals surface area contributed by atoms with Crippen molar-refractivity contribution in [3.05, 3.63) is 29.8 Å². The van der Waals surface area contributed by atoms with Gasteiger partial charge in [0.25, 0.3) is 0 Å². The molecule has 5 nitrogen and oxygen atoms in total. The Balaban J connectivity index is 1.80. The predicted molar refractivity (Wildman–Crippen MR) is 73.5 cm³/mol. The molecule has 1 saturated heterocycles. The number of benzene rings is 1. The van der Waals surface area contributed by atoms with Gasteiger partial charge >= 0.3 is 0 Å². The van der Waals surface area contributed by atoms with Gasteiger partial charge in [-0.1, -0.05) is 12.1 Å². The summed E-state index contributed by atoms with van der Waals surface area (Å²) in [5.74, 6) is 0.749. The Hall–Kier alpha value is -1.61. The predicted octanol–water partition coefficient (Wildman–Crippen LogP) is 0.841. The van der Waals surface area contributed by atoms with E-state index in [-0.39, 0.29) is 6.61 Å². The highest BCUT2D eigenvalue weighted by molar-refractivity contribution is 5.28. The Morgan fingerprint density at radius 1 is 1.32 bits per heavy atom. The molecule has 0 spiro atoms. The summed E-state index contributed by atoms with van der Waals surface area (Å²) in [4.78, 5) is 2.33. The lowest BCUT2D eigenvalue weighted by Gasteiger charge is -2.32. The van der Waals surface area contributed by atoms with Crippen molar-refractivity contribution >= 4 is 0 Å². The lowest BCUT2D eigenvalue weighted by Crippen LogP contribution is -2.50. The average molecular weight is 260 g/mol. The quantitative estimate of drug-likeness (QED) is 0.850. The van der Waals surface area contributed by atoms with Gasteiger partial charge in [-0.2, -0.15) is 5.26 Å². The minimum atomic E-state index is 0.0926. The summed E-state index contributed by atoms with van der Waals surface area (Å²) < 4.78 is 5.29. The molecule has 0 atom stereocenters. The number of hydrogen-bond acceptors (Lipinski definition) is 5. The van der Waals surface area contributed by atoms with Crippen LogP contribution in [0.15, 0.2) is 24.3 Å². The van der Waals surface area contributed by atoms with Gasteiger partial charge in [-0.3, -0.25) is 5.43 Å². The van der Waals surface area contributed by atoms with Crippen molar-refractivity contribution in [1.29, 1.82) is 5.26 Å². The fraction of sp³-hybridized carbons (Fsp3) is 0.500. The number of nitrogens with zero attached hydrogens (tertiary/aromatic N) is 3. The monoisotopic (exact) mass is 260 g/mol. The molecule has 0 aromatic heterocycles. The molecule has 102 valence electrons. The van der Waals surface area contributed by atoms with Gasteiger partial charge in [0.2, 0.25) is 0 Å². The molecule has 1 heterocycles. The van der Waals surface area contributed by atoms with E-state index in [1.165, 1.54) is 0 Å². The number of nitriles is 1. The van der Waals surface area contributed by atoms with Crippen molar-refractivity contribution in [2.24, 2.45) is 0 Å². The summed E-state index contributed by atoms with van der Waals surface area (Å²) in [6, 6.07) is 9.83. The molecule has 1 aromatic rings. The Bertz CT molecular complexity index is 435. The van der Waals surface area contributed by atoms with Crippen LogP contribution in [0.3, 0.4) is 0 Å². The maximum absolute atomic E-state index is 8.49. The van der Waals surface area contributed by atoms with Crippen LogP contribution >= 0.6 is 0 Å². The topological polar surface area (TPSA) is 51.5 Å². The first-order chi connectivity index (χ1) is 9.28. The normalized spacial score (nSPS) is 17.1. The largest absolute Gasteiger partial charge is 0.479 e. The van der Waals surface area contributed by atoms with Crippen molar-refractivity contribution < 1.29 is 4.74 Å². The van der Waals surface area contributed by atoms with Gasteiger partial charge < -0.3 is 9.64 Å². The Labute approximate surface area is 114 Å². The summed E-state index contributed by atoms with van der Waals surface area (Å²) in [5.41, 5.74) is 4.59. The van der Waals surface area contributed by atoms with E-state index in [9.17, 15) is 0 Å². The third-order valence-electron chi connectivity index (χ3n) is 3.21. The third kappa shape index (κ3) is 4.52. The van der Waals surface area contributed by atoms with Crippen molar-refractivity contribution in [2.45, 2.75) is 6.54 Å². The maximum Gasteiger partial charge on any atom is 0.174 e. The average Bonchev–Trinajstić information content (AvgIpc) is 2.45. The number of nitrogens with one attached hydrogen (secondary N) is 1. The molecule has 1 aliphatic rings. The van der Waals surface area contributed by atoms with E-state index in [1.807, 2.05) is 24.3 Å². The van der Waals surface area contributed by atoms with Gasteiger partial charge in [-0.15, -0.1) is 0 Å². The van der Waals surface area contributed by atoms with Crippen LogP contribution in [-0.2, 0) is 6.54 Å². The molecular weight excluding hydrogens is 240 g/mol. The lowest BCUT2D eigenvalue weighted by molar-refractivity contribution is 0.102. The Morgan fingerprint density at radius 2 is 2.11 bits per heavy atom. The Kier molecular flexibility index (Phi) is 5.16. The van der Waals surface area contributed by atoms with Crippen LogP contribution in [0.5, 0.6) is 5.75 Å². The molecule has 5 heteroatoms. The minimum Gasteiger partial charge on any atom is -0.479 e. The molecule has 2 rings (SSSR count). The highest BCUT2D eigenvalue weighted by atomic mass is 16.5. The van der Waals surface area contributed by atoms with Crippen molar-refractivity contribution in [2.75, 3.05) is 39.8 Å². The first-order valence-corrected chi connectivity index (χ1v) is 6.53. The van der Waals surface area contributed by atoms with Crippen LogP contribution in [0, 0.1) is 11.3 Å². The van der Waals surface area contributed by atoms with E-state index in [0.29, 0.717) is 0 Å². The summed E-state index contributed by atoms with van der Waals surface area (Å²) in [5, 5.41) is 10.7. The molecule has 0 saturated carbocycles. The number of rotatable bonds is 5. The lowest BCUT2D eigenvalue weighted by atomic mass is 10.2. The van der Waals surface area contributed by atoms with E-state index >= 15 is 0 Å². The van der Waals surface area contributed by atoms with Gasteiger partial charge in [0.05, 0.1) is 0 Å². The van der Waals surface area contributed by atoms with Gasteiger partial charge in [0.15, 0.2) is 6.61 Å². The second-order valence-electron chi connectivity index (χ2n) is 4.72. The van der Waals surface area contributed by atoms with Crippen LogP contribution < -0.4 is 10.2 Å². The van der Waals surface area contributed by atoms with Crippen molar-refractivity contribution in [3.63, 3.8) is 0 Å². The van der Waals surface area contributed by atoms with E-state index in [2.05, 4.69) is 28.4 Å². The van der Waals surface area contributed by atoms with Crippen LogP contribution in [-0.4, -0.2) is 49.7 Å². The molecule has 1 fully saturated rings. The third-order valence-corrected chi connectivity index (χ3v) is 3.21. The van der Waals surface area contributed by atoms with Crippen molar-refractivity contribution in [3.8, 4) is 11.8 Å². The summed E-state index contributed by atoms with van der Waals surface area (Å²) in [7, 11) is 2.15. The fourth-order valence-corrected chi connectivity index (χ4v) is 2.03. The number of hydrogen-bond donors (Lipinski definition) is 1. The zero-order chi connectivity index (χ0) is 13.5. The molecule has 1 aromatic carbocycles. The van der Waals surface area contributed by atoms with Gasteiger partial charge in [-0.05, 0) is 24.7 Å². The second-order valence-corrected chi connectivity index (χ2v) is 4.72. The van der Waals surface area contributed by atoms with E-state index in [4.69, 9.17) is 10.00 Å². The fourth-order valence-electron chi connectivity index (χ4n) is 2.03. The number of ether oxygens (including phenoxy) is 1.